The molecule has 1 rings (SSSR count). The third-order valence-electron chi connectivity index (χ3n) is 2.27. The summed E-state index contributed by atoms with van der Waals surface area (Å²) < 4.78 is 0. The zero-order chi connectivity index (χ0) is 11.4. The van der Waals surface area contributed by atoms with Crippen molar-refractivity contribution in [3.8, 4) is 0 Å². The molecule has 4 amide bonds. The smallest absolute Gasteiger partial charge is 0.263 e. The average Bonchev–Trinajstić information content (AvgIpc) is 2.41. The summed E-state index contributed by atoms with van der Waals surface area (Å²) in [5.41, 5.74) is 0. The van der Waals surface area contributed by atoms with Gasteiger partial charge in [0.05, 0.1) is 0 Å². The number of hydrogen-bond acceptors (Lipinski definition) is 3. The minimum atomic E-state index is -0.752. The van der Waals surface area contributed by atoms with Crippen LogP contribution in [0.5, 0.6) is 0 Å². The molecule has 0 spiro atoms. The molecule has 0 bridgehead atoms. The second kappa shape index (κ2) is 5.11. The lowest BCUT2D eigenvalue weighted by molar-refractivity contribution is -0.142. The van der Waals surface area contributed by atoms with Gasteiger partial charge >= 0.3 is 17.8 Å². The quantitative estimate of drug-likeness (QED) is 0.305. The molecule has 0 unspecified atom stereocenters. The Kier molecular flexibility index (Phi) is 4.08. The SMILES string of the molecule is CN1C(=O)C(=O)N(CCCCCCl)C1=O. The summed E-state index contributed by atoms with van der Waals surface area (Å²) in [6.07, 6.45) is 2.38. The first-order valence-electron chi connectivity index (χ1n) is 4.79. The zero-order valence-corrected chi connectivity index (χ0v) is 9.29. The Morgan fingerprint density at radius 1 is 1.07 bits per heavy atom. The van der Waals surface area contributed by atoms with Gasteiger partial charge in [-0.15, -0.1) is 11.6 Å². The van der Waals surface area contributed by atoms with Crippen LogP contribution in [0.2, 0.25) is 0 Å². The molecule has 0 N–H and O–H groups in total. The number of rotatable bonds is 5. The number of alkyl halides is 1. The summed E-state index contributed by atoms with van der Waals surface area (Å²) in [5, 5.41) is 0. The van der Waals surface area contributed by atoms with E-state index in [1.165, 1.54) is 7.05 Å². The van der Waals surface area contributed by atoms with Crippen molar-refractivity contribution in [2.75, 3.05) is 19.5 Å². The van der Waals surface area contributed by atoms with Crippen molar-refractivity contribution in [1.29, 1.82) is 0 Å². The van der Waals surface area contributed by atoms with Crippen LogP contribution in [-0.4, -0.2) is 47.1 Å². The number of nitrogens with zero attached hydrogens (tertiary/aromatic N) is 2. The Bertz CT molecular complexity index is 293. The summed E-state index contributed by atoms with van der Waals surface area (Å²) in [6.45, 7) is 0.296. The van der Waals surface area contributed by atoms with Gasteiger partial charge < -0.3 is 0 Å². The molecule has 1 aliphatic heterocycles. The van der Waals surface area contributed by atoms with Crippen molar-refractivity contribution in [3.05, 3.63) is 0 Å². The van der Waals surface area contributed by atoms with Gasteiger partial charge in [-0.2, -0.15) is 0 Å². The molecule has 15 heavy (non-hydrogen) atoms. The van der Waals surface area contributed by atoms with Crippen LogP contribution in [0.15, 0.2) is 0 Å². The van der Waals surface area contributed by atoms with Gasteiger partial charge in [-0.1, -0.05) is 6.42 Å². The molecule has 0 radical (unpaired) electrons. The molecule has 1 aliphatic rings. The van der Waals surface area contributed by atoms with Crippen molar-refractivity contribution in [2.24, 2.45) is 0 Å². The van der Waals surface area contributed by atoms with Crippen LogP contribution < -0.4 is 0 Å². The second-order valence-corrected chi connectivity index (χ2v) is 3.73. The predicted molar refractivity (Wildman–Crippen MR) is 54.5 cm³/mol. The molecule has 6 heteroatoms. The minimum absolute atomic E-state index is 0.296. The summed E-state index contributed by atoms with van der Waals surface area (Å²) in [5.74, 6) is -0.911. The van der Waals surface area contributed by atoms with Gasteiger partial charge in [0.25, 0.3) is 0 Å². The maximum absolute atomic E-state index is 11.4. The molecule has 0 atom stereocenters. The highest BCUT2D eigenvalue weighted by Crippen LogP contribution is 2.11. The van der Waals surface area contributed by atoms with Crippen molar-refractivity contribution in [2.45, 2.75) is 19.3 Å². The van der Waals surface area contributed by atoms with E-state index >= 15 is 0 Å². The third-order valence-corrected chi connectivity index (χ3v) is 2.53. The number of hydrogen-bond donors (Lipinski definition) is 0. The standard InChI is InChI=1S/C9H13ClN2O3/c1-11-7(13)8(14)12(9(11)15)6-4-2-3-5-10/h2-6H2,1H3. The van der Waals surface area contributed by atoms with Crippen LogP contribution in [0.1, 0.15) is 19.3 Å². The van der Waals surface area contributed by atoms with Crippen LogP contribution in [-0.2, 0) is 9.59 Å². The fraction of sp³-hybridized carbons (Fsp3) is 0.667. The normalized spacial score (nSPS) is 16.8. The summed E-state index contributed by atoms with van der Waals surface area (Å²) in [6, 6.07) is -0.532. The van der Waals surface area contributed by atoms with Crippen LogP contribution >= 0.6 is 11.6 Å². The van der Waals surface area contributed by atoms with E-state index in [1.807, 2.05) is 0 Å². The van der Waals surface area contributed by atoms with Crippen molar-refractivity contribution in [3.63, 3.8) is 0 Å². The van der Waals surface area contributed by atoms with E-state index in [-0.39, 0.29) is 0 Å². The first kappa shape index (κ1) is 12.0. The molecule has 5 nitrogen and oxygen atoms in total. The average molecular weight is 233 g/mol. The minimum Gasteiger partial charge on any atom is -0.263 e. The fourth-order valence-corrected chi connectivity index (χ4v) is 1.54. The Balaban J connectivity index is 2.45. The Morgan fingerprint density at radius 3 is 2.20 bits per heavy atom. The Labute approximate surface area is 93.0 Å². The summed E-state index contributed by atoms with van der Waals surface area (Å²) in [7, 11) is 1.31. The molecular formula is C9H13ClN2O3. The third kappa shape index (κ3) is 2.47. The largest absolute Gasteiger partial charge is 0.333 e. The number of carbonyl (C=O) groups is 3. The second-order valence-electron chi connectivity index (χ2n) is 3.35. The molecule has 1 heterocycles. The molecule has 1 saturated heterocycles. The summed E-state index contributed by atoms with van der Waals surface area (Å²) >= 11 is 5.49. The van der Waals surface area contributed by atoms with Gasteiger partial charge in [0, 0.05) is 19.5 Å². The number of halogens is 1. The van der Waals surface area contributed by atoms with Crippen molar-refractivity contribution >= 4 is 29.4 Å². The van der Waals surface area contributed by atoms with Crippen LogP contribution in [0.25, 0.3) is 0 Å². The highest BCUT2D eigenvalue weighted by Gasteiger charge is 2.41. The molecule has 1 fully saturated rings. The zero-order valence-electron chi connectivity index (χ0n) is 8.53. The van der Waals surface area contributed by atoms with E-state index in [1.54, 1.807) is 0 Å². The first-order valence-corrected chi connectivity index (χ1v) is 5.32. The monoisotopic (exact) mass is 232 g/mol. The maximum atomic E-state index is 11.4. The first-order chi connectivity index (χ1) is 7.09. The lowest BCUT2D eigenvalue weighted by atomic mass is 10.2. The number of carbonyl (C=O) groups excluding carboxylic acids is 3. The van der Waals surface area contributed by atoms with E-state index in [2.05, 4.69) is 0 Å². The van der Waals surface area contributed by atoms with E-state index in [9.17, 15) is 14.4 Å². The van der Waals surface area contributed by atoms with Crippen molar-refractivity contribution < 1.29 is 14.4 Å². The van der Waals surface area contributed by atoms with Gasteiger partial charge in [-0.25, -0.2) is 4.79 Å². The lowest BCUT2D eigenvalue weighted by Gasteiger charge is -2.11. The Hall–Kier alpha value is -1.10. The van der Waals surface area contributed by atoms with Gasteiger partial charge in [0.15, 0.2) is 0 Å². The number of unbranched alkanes of at least 4 members (excludes halogenated alkanes) is 2. The van der Waals surface area contributed by atoms with Gasteiger partial charge in [-0.05, 0) is 12.8 Å². The Morgan fingerprint density at radius 2 is 1.73 bits per heavy atom. The van der Waals surface area contributed by atoms with E-state index in [0.717, 1.165) is 22.6 Å². The van der Waals surface area contributed by atoms with Gasteiger partial charge in [0.1, 0.15) is 0 Å². The molecule has 84 valence electrons. The van der Waals surface area contributed by atoms with E-state index in [4.69, 9.17) is 11.6 Å². The molecule has 0 aromatic rings. The van der Waals surface area contributed by atoms with E-state index in [0.29, 0.717) is 18.8 Å². The molecule has 0 aromatic carbocycles. The lowest BCUT2D eigenvalue weighted by Crippen LogP contribution is -2.32. The van der Waals surface area contributed by atoms with E-state index < -0.39 is 17.8 Å². The van der Waals surface area contributed by atoms with Gasteiger partial charge in [0.2, 0.25) is 0 Å². The number of amides is 4. The number of urea groups is 1. The van der Waals surface area contributed by atoms with Crippen LogP contribution in [0, 0.1) is 0 Å². The molecule has 0 saturated carbocycles. The van der Waals surface area contributed by atoms with Crippen molar-refractivity contribution in [1.82, 2.24) is 9.80 Å². The van der Waals surface area contributed by atoms with Gasteiger partial charge in [-0.3, -0.25) is 19.4 Å². The number of likely N-dealkylation sites (N-methyl/N-ethyl adjacent to an activating group) is 1. The van der Waals surface area contributed by atoms with Crippen LogP contribution in [0.3, 0.4) is 0 Å². The topological polar surface area (TPSA) is 57.7 Å². The van der Waals surface area contributed by atoms with Crippen LogP contribution in [0.4, 0.5) is 4.79 Å². The highest BCUT2D eigenvalue weighted by molar-refractivity contribution is 6.44. The molecular weight excluding hydrogens is 220 g/mol. The predicted octanol–water partition coefficient (Wildman–Crippen LogP) is 0.816. The maximum Gasteiger partial charge on any atom is 0.333 e. The fourth-order valence-electron chi connectivity index (χ4n) is 1.35. The molecule has 0 aromatic heterocycles. The number of imide groups is 2. The highest BCUT2D eigenvalue weighted by atomic mass is 35.5. The molecule has 0 aliphatic carbocycles. The summed E-state index contributed by atoms with van der Waals surface area (Å²) in [4.78, 5) is 35.6.